The Morgan fingerprint density at radius 2 is 1.57 bits per heavy atom. The van der Waals surface area contributed by atoms with Crippen LogP contribution in [0, 0.1) is 5.92 Å². The van der Waals surface area contributed by atoms with Crippen molar-refractivity contribution in [2.75, 3.05) is 31.6 Å². The highest BCUT2D eigenvalue weighted by Crippen LogP contribution is 2.32. The molecule has 0 saturated carbocycles. The molecule has 9 nitrogen and oxygen atoms in total. The van der Waals surface area contributed by atoms with E-state index in [1.54, 1.807) is 54.6 Å². The van der Waals surface area contributed by atoms with E-state index in [1.807, 2.05) is 20.8 Å². The van der Waals surface area contributed by atoms with Crippen molar-refractivity contribution in [2.45, 2.75) is 44.7 Å². The molecule has 1 N–H and O–H groups in total. The third-order valence-electron chi connectivity index (χ3n) is 6.64. The van der Waals surface area contributed by atoms with E-state index in [1.165, 1.54) is 37.3 Å². The van der Waals surface area contributed by atoms with Gasteiger partial charge in [0, 0.05) is 24.2 Å². The van der Waals surface area contributed by atoms with Gasteiger partial charge in [0.05, 0.1) is 24.8 Å². The Hall–Kier alpha value is -3.76. The lowest BCUT2D eigenvalue weighted by molar-refractivity contribution is -0.140. The number of benzene rings is 3. The molecule has 3 rings (SSSR count). The van der Waals surface area contributed by atoms with E-state index < -0.39 is 28.5 Å². The first-order valence-electron chi connectivity index (χ1n) is 13.6. The second-order valence-electron chi connectivity index (χ2n) is 10.0. The third-order valence-corrected chi connectivity index (χ3v) is 8.77. The summed E-state index contributed by atoms with van der Waals surface area (Å²) in [5, 5.41) is 3.35. The van der Waals surface area contributed by atoms with Crippen LogP contribution in [0.1, 0.15) is 32.8 Å². The number of anilines is 1. The number of methoxy groups -OCH3 is 2. The van der Waals surface area contributed by atoms with Crippen LogP contribution in [0.5, 0.6) is 11.5 Å². The number of rotatable bonds is 14. The lowest BCUT2D eigenvalue weighted by Crippen LogP contribution is -2.52. The number of ether oxygens (including phenoxy) is 2. The number of para-hydroxylation sites is 1. The molecule has 0 unspecified atom stereocenters. The molecule has 0 spiro atoms. The van der Waals surface area contributed by atoms with Crippen molar-refractivity contribution >= 4 is 39.1 Å². The fourth-order valence-electron chi connectivity index (χ4n) is 4.38. The lowest BCUT2D eigenvalue weighted by Gasteiger charge is -2.33. The van der Waals surface area contributed by atoms with E-state index in [-0.39, 0.29) is 34.7 Å². The summed E-state index contributed by atoms with van der Waals surface area (Å²) >= 11 is 6.44. The van der Waals surface area contributed by atoms with Gasteiger partial charge < -0.3 is 19.7 Å². The molecule has 0 bridgehead atoms. The molecular formula is C31H38ClN3O6S. The zero-order chi connectivity index (χ0) is 30.9. The second kappa shape index (κ2) is 14.9. The number of sulfonamides is 1. The average Bonchev–Trinajstić information content (AvgIpc) is 2.99. The van der Waals surface area contributed by atoms with Crippen LogP contribution in [0.25, 0.3) is 0 Å². The average molecular weight is 616 g/mol. The number of amides is 2. The molecule has 0 aromatic heterocycles. The molecule has 0 fully saturated rings. The first-order valence-corrected chi connectivity index (χ1v) is 15.5. The summed E-state index contributed by atoms with van der Waals surface area (Å²) in [6, 6.07) is 18.8. The normalized spacial score (nSPS) is 12.0. The number of hydrogen-bond acceptors (Lipinski definition) is 6. The maximum atomic E-state index is 14.1. The molecule has 2 amide bonds. The molecule has 0 heterocycles. The number of carbonyl (C=O) groups is 2. The highest BCUT2D eigenvalue weighted by Gasteiger charge is 2.34. The largest absolute Gasteiger partial charge is 0.493 e. The molecule has 0 radical (unpaired) electrons. The number of carbonyl (C=O) groups excluding carboxylic acids is 2. The van der Waals surface area contributed by atoms with Gasteiger partial charge in [-0.1, -0.05) is 68.8 Å². The number of nitrogens with one attached hydrogen (secondary N) is 1. The maximum absolute atomic E-state index is 14.1. The summed E-state index contributed by atoms with van der Waals surface area (Å²) in [7, 11) is -1.41. The summed E-state index contributed by atoms with van der Waals surface area (Å²) in [6.45, 7) is 5.66. The lowest BCUT2D eigenvalue weighted by atomic mass is 10.1. The molecule has 3 aromatic carbocycles. The van der Waals surface area contributed by atoms with Crippen molar-refractivity contribution in [3.8, 4) is 11.5 Å². The van der Waals surface area contributed by atoms with Crippen LogP contribution in [0.2, 0.25) is 5.02 Å². The Morgan fingerprint density at radius 3 is 2.17 bits per heavy atom. The Kier molecular flexibility index (Phi) is 11.6. The molecule has 11 heteroatoms. The molecule has 42 heavy (non-hydrogen) atoms. The Labute approximate surface area is 253 Å². The van der Waals surface area contributed by atoms with Crippen LogP contribution in [-0.2, 0) is 26.2 Å². The molecule has 1 atom stereocenters. The topological polar surface area (TPSA) is 105 Å². The van der Waals surface area contributed by atoms with E-state index in [4.69, 9.17) is 21.1 Å². The Morgan fingerprint density at radius 1 is 0.929 bits per heavy atom. The Balaban J connectivity index is 2.07. The minimum Gasteiger partial charge on any atom is -0.493 e. The van der Waals surface area contributed by atoms with Gasteiger partial charge in [0.2, 0.25) is 11.8 Å². The minimum atomic E-state index is -4.27. The molecule has 3 aromatic rings. The minimum absolute atomic E-state index is 0.0190. The van der Waals surface area contributed by atoms with Crippen LogP contribution in [-0.4, -0.2) is 58.5 Å². The van der Waals surface area contributed by atoms with E-state index in [9.17, 15) is 18.0 Å². The predicted molar refractivity (Wildman–Crippen MR) is 164 cm³/mol. The SMILES string of the molecule is CC[C@H](C(=O)NCC(C)C)N(Cc1ccccc1Cl)C(=O)CN(c1ccccc1)S(=O)(=O)c1ccc(OC)c(OC)c1. The zero-order valence-corrected chi connectivity index (χ0v) is 26.1. The van der Waals surface area contributed by atoms with Gasteiger partial charge in [-0.2, -0.15) is 0 Å². The van der Waals surface area contributed by atoms with E-state index in [2.05, 4.69) is 5.32 Å². The number of nitrogens with zero attached hydrogens (tertiary/aromatic N) is 2. The number of halogens is 1. The number of hydrogen-bond donors (Lipinski definition) is 1. The van der Waals surface area contributed by atoms with Crippen LogP contribution < -0.4 is 19.1 Å². The molecule has 0 aliphatic rings. The quantitative estimate of drug-likeness (QED) is 0.270. The van der Waals surface area contributed by atoms with Crippen molar-refractivity contribution in [2.24, 2.45) is 5.92 Å². The highest BCUT2D eigenvalue weighted by atomic mass is 35.5. The maximum Gasteiger partial charge on any atom is 0.264 e. The predicted octanol–water partition coefficient (Wildman–Crippen LogP) is 5.13. The second-order valence-corrected chi connectivity index (χ2v) is 12.3. The summed E-state index contributed by atoms with van der Waals surface area (Å²) < 4.78 is 39.8. The molecular weight excluding hydrogens is 578 g/mol. The van der Waals surface area contributed by atoms with Gasteiger partial charge in [-0.15, -0.1) is 0 Å². The van der Waals surface area contributed by atoms with Gasteiger partial charge >= 0.3 is 0 Å². The van der Waals surface area contributed by atoms with Crippen molar-refractivity contribution in [1.29, 1.82) is 0 Å². The zero-order valence-electron chi connectivity index (χ0n) is 24.5. The molecule has 0 saturated heterocycles. The third kappa shape index (κ3) is 7.95. The van der Waals surface area contributed by atoms with Gasteiger partial charge in [0.1, 0.15) is 12.6 Å². The van der Waals surface area contributed by atoms with Crippen molar-refractivity contribution in [1.82, 2.24) is 10.2 Å². The monoisotopic (exact) mass is 615 g/mol. The molecule has 226 valence electrons. The van der Waals surface area contributed by atoms with Crippen molar-refractivity contribution < 1.29 is 27.5 Å². The fraction of sp³-hybridized carbons (Fsp3) is 0.355. The smallest absolute Gasteiger partial charge is 0.264 e. The summed E-state index contributed by atoms with van der Waals surface area (Å²) in [4.78, 5) is 28.8. The van der Waals surface area contributed by atoms with Gasteiger partial charge in [-0.3, -0.25) is 13.9 Å². The van der Waals surface area contributed by atoms with Crippen LogP contribution in [0.4, 0.5) is 5.69 Å². The van der Waals surface area contributed by atoms with Crippen molar-refractivity contribution in [3.05, 3.63) is 83.4 Å². The van der Waals surface area contributed by atoms with Gasteiger partial charge in [0.15, 0.2) is 11.5 Å². The van der Waals surface area contributed by atoms with Gasteiger partial charge in [-0.25, -0.2) is 8.42 Å². The summed E-state index contributed by atoms with van der Waals surface area (Å²) in [5.41, 5.74) is 0.923. The van der Waals surface area contributed by atoms with E-state index in [0.29, 0.717) is 29.3 Å². The first-order chi connectivity index (χ1) is 20.0. The fourth-order valence-corrected chi connectivity index (χ4v) is 6.01. The summed E-state index contributed by atoms with van der Waals surface area (Å²) in [5.74, 6) is -0.0802. The highest BCUT2D eigenvalue weighted by molar-refractivity contribution is 7.92. The molecule has 0 aliphatic heterocycles. The van der Waals surface area contributed by atoms with E-state index >= 15 is 0 Å². The summed E-state index contributed by atoms with van der Waals surface area (Å²) in [6.07, 6.45) is 0.313. The van der Waals surface area contributed by atoms with Gasteiger partial charge in [-0.05, 0) is 48.2 Å². The van der Waals surface area contributed by atoms with Crippen LogP contribution >= 0.6 is 11.6 Å². The van der Waals surface area contributed by atoms with Crippen molar-refractivity contribution in [3.63, 3.8) is 0 Å². The first kappa shape index (κ1) is 32.8. The standard InChI is InChI=1S/C31H38ClN3O6S/c1-6-27(31(37)33-19-22(2)3)34(20-23-12-10-11-15-26(23)32)30(36)21-35(24-13-8-7-9-14-24)42(38,39)25-16-17-28(40-4)29(18-25)41-5/h7-18,22,27H,6,19-21H2,1-5H3,(H,33,37)/t27-/m1/s1. The van der Waals surface area contributed by atoms with Crippen LogP contribution in [0.3, 0.4) is 0 Å². The van der Waals surface area contributed by atoms with E-state index in [0.717, 1.165) is 4.31 Å². The Bertz CT molecular complexity index is 1470. The van der Waals surface area contributed by atoms with Gasteiger partial charge in [0.25, 0.3) is 10.0 Å². The van der Waals surface area contributed by atoms with Crippen LogP contribution in [0.15, 0.2) is 77.7 Å². The molecule has 0 aliphatic carbocycles.